The first kappa shape index (κ1) is 27.6. The summed E-state index contributed by atoms with van der Waals surface area (Å²) in [4.78, 5) is 30.1. The SMILES string of the molecule is CCc1ccc(C(C)(C)CNC(=NC)NCc2ccc(C(=O)N3CCNC(=O)C3)cc2)cc1.I. The molecule has 0 unspecified atom stereocenters. The van der Waals surface area contributed by atoms with Crippen molar-refractivity contribution < 1.29 is 9.59 Å². The maximum absolute atomic E-state index is 12.6. The summed E-state index contributed by atoms with van der Waals surface area (Å²) in [5.41, 5.74) is 4.22. The first-order valence-electron chi connectivity index (χ1n) is 11.5. The number of nitrogens with zero attached hydrogens (tertiary/aromatic N) is 2. The molecule has 0 aromatic heterocycles. The molecule has 8 heteroatoms. The summed E-state index contributed by atoms with van der Waals surface area (Å²) in [6, 6.07) is 16.3. The van der Waals surface area contributed by atoms with Crippen LogP contribution in [-0.4, -0.2) is 55.9 Å². The summed E-state index contributed by atoms with van der Waals surface area (Å²) in [5, 5.41) is 9.50. The van der Waals surface area contributed by atoms with Crippen LogP contribution in [0, 0.1) is 0 Å². The summed E-state index contributed by atoms with van der Waals surface area (Å²) in [7, 11) is 1.76. The Morgan fingerprint density at radius 3 is 2.29 bits per heavy atom. The molecule has 0 aliphatic carbocycles. The van der Waals surface area contributed by atoms with Gasteiger partial charge in [-0.2, -0.15) is 0 Å². The standard InChI is InChI=1S/C26H35N5O2.HI/c1-5-19-8-12-22(13-9-19)26(2,3)18-30-25(27-4)29-16-20-6-10-21(11-7-20)24(33)31-15-14-28-23(32)17-31;/h6-13H,5,14-18H2,1-4H3,(H,28,32)(H2,27,29,30);1H. The molecule has 0 spiro atoms. The van der Waals surface area contributed by atoms with Gasteiger partial charge in [0, 0.05) is 44.2 Å². The number of aryl methyl sites for hydroxylation is 1. The van der Waals surface area contributed by atoms with Crippen molar-refractivity contribution in [1.29, 1.82) is 0 Å². The van der Waals surface area contributed by atoms with Gasteiger partial charge in [0.05, 0.1) is 6.54 Å². The number of nitrogens with one attached hydrogen (secondary N) is 3. The van der Waals surface area contributed by atoms with Gasteiger partial charge in [0.15, 0.2) is 5.96 Å². The molecule has 1 saturated heterocycles. The summed E-state index contributed by atoms with van der Waals surface area (Å²) in [5.74, 6) is 0.499. The van der Waals surface area contributed by atoms with Gasteiger partial charge in [-0.15, -0.1) is 24.0 Å². The van der Waals surface area contributed by atoms with E-state index in [1.807, 2.05) is 24.3 Å². The van der Waals surface area contributed by atoms with Crippen LogP contribution in [0.3, 0.4) is 0 Å². The summed E-state index contributed by atoms with van der Waals surface area (Å²) >= 11 is 0. The first-order valence-corrected chi connectivity index (χ1v) is 11.5. The number of carbonyl (C=O) groups is 2. The average molecular weight is 578 g/mol. The zero-order chi connectivity index (χ0) is 23.8. The van der Waals surface area contributed by atoms with Gasteiger partial charge in [0.1, 0.15) is 0 Å². The van der Waals surface area contributed by atoms with Crippen molar-refractivity contribution in [3.8, 4) is 0 Å². The Hall–Kier alpha value is -2.62. The minimum Gasteiger partial charge on any atom is -0.356 e. The van der Waals surface area contributed by atoms with Gasteiger partial charge in [-0.25, -0.2) is 0 Å². The Labute approximate surface area is 219 Å². The molecule has 0 radical (unpaired) electrons. The van der Waals surface area contributed by atoms with E-state index in [4.69, 9.17) is 0 Å². The number of amides is 2. The van der Waals surface area contributed by atoms with Gasteiger partial charge in [-0.1, -0.05) is 57.2 Å². The highest BCUT2D eigenvalue weighted by Gasteiger charge is 2.22. The molecule has 0 bridgehead atoms. The van der Waals surface area contributed by atoms with E-state index >= 15 is 0 Å². The van der Waals surface area contributed by atoms with Crippen molar-refractivity contribution >= 4 is 41.8 Å². The number of benzene rings is 2. The maximum Gasteiger partial charge on any atom is 0.254 e. The van der Waals surface area contributed by atoms with Crippen molar-refractivity contribution in [3.05, 3.63) is 70.8 Å². The number of carbonyl (C=O) groups excluding carboxylic acids is 2. The fraction of sp³-hybridized carbons (Fsp3) is 0.423. The lowest BCUT2D eigenvalue weighted by Gasteiger charge is -2.27. The second kappa shape index (κ2) is 12.7. The van der Waals surface area contributed by atoms with Crippen LogP contribution in [0.1, 0.15) is 47.8 Å². The molecule has 1 fully saturated rings. The molecule has 2 aromatic rings. The Balaban J connectivity index is 0.00000408. The van der Waals surface area contributed by atoms with Gasteiger partial charge in [-0.3, -0.25) is 14.6 Å². The van der Waals surface area contributed by atoms with Crippen LogP contribution in [0.25, 0.3) is 0 Å². The van der Waals surface area contributed by atoms with E-state index in [-0.39, 0.29) is 47.8 Å². The lowest BCUT2D eigenvalue weighted by molar-refractivity contribution is -0.123. The minimum absolute atomic E-state index is 0. The number of hydrogen-bond acceptors (Lipinski definition) is 3. The molecule has 2 amide bonds. The van der Waals surface area contributed by atoms with Crippen LogP contribution >= 0.6 is 24.0 Å². The monoisotopic (exact) mass is 577 g/mol. The van der Waals surface area contributed by atoms with Gasteiger partial charge in [-0.05, 0) is 35.2 Å². The van der Waals surface area contributed by atoms with Gasteiger partial charge >= 0.3 is 0 Å². The second-order valence-corrected chi connectivity index (χ2v) is 8.99. The smallest absolute Gasteiger partial charge is 0.254 e. The number of hydrogen-bond donors (Lipinski definition) is 3. The topological polar surface area (TPSA) is 85.8 Å². The zero-order valence-corrected chi connectivity index (χ0v) is 22.8. The van der Waals surface area contributed by atoms with Crippen LogP contribution in [0.15, 0.2) is 53.5 Å². The predicted molar refractivity (Wildman–Crippen MR) is 148 cm³/mol. The van der Waals surface area contributed by atoms with E-state index in [1.165, 1.54) is 11.1 Å². The minimum atomic E-state index is -0.115. The average Bonchev–Trinajstić information content (AvgIpc) is 2.84. The quantitative estimate of drug-likeness (QED) is 0.268. The third kappa shape index (κ3) is 7.44. The molecule has 7 nitrogen and oxygen atoms in total. The van der Waals surface area contributed by atoms with Crippen LogP contribution in [-0.2, 0) is 23.2 Å². The maximum atomic E-state index is 12.6. The third-order valence-electron chi connectivity index (χ3n) is 6.05. The molecule has 184 valence electrons. The molecule has 3 rings (SSSR count). The number of guanidine groups is 1. The van der Waals surface area contributed by atoms with Crippen LogP contribution in [0.4, 0.5) is 0 Å². The van der Waals surface area contributed by atoms with Gasteiger partial charge in [0.2, 0.25) is 5.91 Å². The van der Waals surface area contributed by atoms with E-state index < -0.39 is 0 Å². The van der Waals surface area contributed by atoms with E-state index in [0.717, 1.165) is 24.5 Å². The number of rotatable bonds is 7. The molecule has 1 aliphatic rings. The van der Waals surface area contributed by atoms with Gasteiger partial charge in [0.25, 0.3) is 5.91 Å². The molecule has 3 N–H and O–H groups in total. The summed E-state index contributed by atoms with van der Waals surface area (Å²) in [6.45, 7) is 9.09. The summed E-state index contributed by atoms with van der Waals surface area (Å²) < 4.78 is 0. The molecule has 2 aromatic carbocycles. The fourth-order valence-electron chi connectivity index (χ4n) is 3.76. The van der Waals surface area contributed by atoms with Gasteiger partial charge < -0.3 is 20.9 Å². The molecule has 1 heterocycles. The van der Waals surface area contributed by atoms with Crippen molar-refractivity contribution in [1.82, 2.24) is 20.9 Å². The highest BCUT2D eigenvalue weighted by Crippen LogP contribution is 2.22. The van der Waals surface area contributed by atoms with Crippen LogP contribution < -0.4 is 16.0 Å². The lowest BCUT2D eigenvalue weighted by atomic mass is 9.84. The fourth-order valence-corrected chi connectivity index (χ4v) is 3.76. The van der Waals surface area contributed by atoms with Crippen molar-refractivity contribution in [2.75, 3.05) is 33.2 Å². The van der Waals surface area contributed by atoms with E-state index in [0.29, 0.717) is 25.2 Å². The number of halogens is 1. The molecule has 34 heavy (non-hydrogen) atoms. The highest BCUT2D eigenvalue weighted by molar-refractivity contribution is 14.0. The summed E-state index contributed by atoms with van der Waals surface area (Å²) in [6.07, 6.45) is 1.04. The van der Waals surface area contributed by atoms with Crippen LogP contribution in [0.2, 0.25) is 0 Å². The van der Waals surface area contributed by atoms with Crippen LogP contribution in [0.5, 0.6) is 0 Å². The van der Waals surface area contributed by atoms with Crippen molar-refractivity contribution in [3.63, 3.8) is 0 Å². The number of aliphatic imine (C=N–C) groups is 1. The second-order valence-electron chi connectivity index (χ2n) is 8.99. The third-order valence-corrected chi connectivity index (χ3v) is 6.05. The largest absolute Gasteiger partial charge is 0.356 e. The molecule has 1 aliphatic heterocycles. The van der Waals surface area contributed by atoms with E-state index in [2.05, 4.69) is 66.0 Å². The molecule has 0 saturated carbocycles. The van der Waals surface area contributed by atoms with Crippen molar-refractivity contribution in [2.45, 2.75) is 39.2 Å². The Kier molecular flexibility index (Phi) is 10.3. The lowest BCUT2D eigenvalue weighted by Crippen LogP contribution is -2.49. The predicted octanol–water partition coefficient (Wildman–Crippen LogP) is 3.08. The Morgan fingerprint density at radius 2 is 1.71 bits per heavy atom. The Bertz CT molecular complexity index is 987. The highest BCUT2D eigenvalue weighted by atomic mass is 127. The molecule has 0 atom stereocenters. The Morgan fingerprint density at radius 1 is 1.06 bits per heavy atom. The first-order chi connectivity index (χ1) is 15.8. The molecular formula is C26H36IN5O2. The van der Waals surface area contributed by atoms with Crippen molar-refractivity contribution in [2.24, 2.45) is 4.99 Å². The molecular weight excluding hydrogens is 541 g/mol. The zero-order valence-electron chi connectivity index (χ0n) is 20.5. The normalized spacial score (nSPS) is 14.2. The number of piperazine rings is 1. The van der Waals surface area contributed by atoms with E-state index in [9.17, 15) is 9.59 Å². The van der Waals surface area contributed by atoms with E-state index in [1.54, 1.807) is 11.9 Å².